The van der Waals surface area contributed by atoms with Gasteiger partial charge in [0, 0.05) is 10.0 Å². The maximum Gasteiger partial charge on any atom is 0.176 e. The second-order valence-corrected chi connectivity index (χ2v) is 4.02. The number of carbonyl (C=O) groups is 1. The summed E-state index contributed by atoms with van der Waals surface area (Å²) in [5, 5.41) is 2.87. The molecule has 1 aromatic carbocycles. The number of Topliss-reactive ketones (excluding diaryl/α,β-unsaturated/α-hetero) is 1. The zero-order chi connectivity index (χ0) is 10.6. The van der Waals surface area contributed by atoms with Crippen LogP contribution in [0.25, 0.3) is 0 Å². The van der Waals surface area contributed by atoms with Crippen LogP contribution in [0.3, 0.4) is 0 Å². The Balaban J connectivity index is 3.03. The van der Waals surface area contributed by atoms with Crippen molar-refractivity contribution in [1.82, 2.24) is 5.32 Å². The Hall–Kier alpha value is -0.670. The molecule has 3 heteroatoms. The number of carbonyl (C=O) groups excluding carboxylic acids is 1. The zero-order valence-corrected chi connectivity index (χ0v) is 10.0. The predicted octanol–water partition coefficient (Wildman–Crippen LogP) is 2.41. The Kier molecular flexibility index (Phi) is 4.29. The molecule has 0 amide bonds. The highest BCUT2D eigenvalue weighted by atomic mass is 79.9. The van der Waals surface area contributed by atoms with E-state index in [1.807, 2.05) is 18.2 Å². The Bertz CT molecular complexity index is 336. The number of likely N-dealkylation sites (N-methyl/N-ethyl adjacent to an activating group) is 1. The molecule has 0 unspecified atom stereocenters. The molecule has 0 radical (unpaired) electrons. The van der Waals surface area contributed by atoms with Gasteiger partial charge in [-0.1, -0.05) is 28.9 Å². The van der Waals surface area contributed by atoms with Crippen molar-refractivity contribution in [2.45, 2.75) is 13.3 Å². The molecule has 1 N–H and O–H groups in total. The van der Waals surface area contributed by atoms with Gasteiger partial charge in [0.2, 0.25) is 0 Å². The molecule has 0 atom stereocenters. The lowest BCUT2D eigenvalue weighted by Crippen LogP contribution is -2.19. The molecule has 0 aliphatic rings. The molecule has 0 aliphatic heterocycles. The highest BCUT2D eigenvalue weighted by molar-refractivity contribution is 9.10. The van der Waals surface area contributed by atoms with Crippen molar-refractivity contribution in [3.05, 3.63) is 33.8 Å². The van der Waals surface area contributed by atoms with Crippen molar-refractivity contribution in [3.63, 3.8) is 0 Å². The highest BCUT2D eigenvalue weighted by Gasteiger charge is 2.09. The molecule has 0 aromatic heterocycles. The summed E-state index contributed by atoms with van der Waals surface area (Å²) in [5.41, 5.74) is 1.92. The molecule has 0 fully saturated rings. The largest absolute Gasteiger partial charge is 0.313 e. The maximum absolute atomic E-state index is 11.7. The first kappa shape index (κ1) is 11.4. The van der Waals surface area contributed by atoms with Crippen molar-refractivity contribution in [3.8, 4) is 0 Å². The van der Waals surface area contributed by atoms with E-state index in [9.17, 15) is 4.79 Å². The standard InChI is InChI=1S/C11H14BrNO/c1-3-8-4-5-9(12)6-10(8)11(14)7-13-2/h4-6,13H,3,7H2,1-2H3. The lowest BCUT2D eigenvalue weighted by molar-refractivity contribution is 0.0992. The smallest absolute Gasteiger partial charge is 0.176 e. The van der Waals surface area contributed by atoms with Gasteiger partial charge in [-0.05, 0) is 31.2 Å². The SMILES string of the molecule is CCc1ccc(Br)cc1C(=O)CNC. The molecule has 0 heterocycles. The van der Waals surface area contributed by atoms with Crippen LogP contribution < -0.4 is 5.32 Å². The van der Waals surface area contributed by atoms with E-state index in [0.717, 1.165) is 22.0 Å². The molecule has 2 nitrogen and oxygen atoms in total. The Morgan fingerprint density at radius 3 is 2.79 bits per heavy atom. The molecule has 1 aromatic rings. The Morgan fingerprint density at radius 2 is 2.21 bits per heavy atom. The highest BCUT2D eigenvalue weighted by Crippen LogP contribution is 2.17. The van der Waals surface area contributed by atoms with Gasteiger partial charge in [0.15, 0.2) is 5.78 Å². The van der Waals surface area contributed by atoms with Gasteiger partial charge in [0.1, 0.15) is 0 Å². The summed E-state index contributed by atoms with van der Waals surface area (Å²) in [5.74, 6) is 0.144. The lowest BCUT2D eigenvalue weighted by atomic mass is 10.0. The number of ketones is 1. The van der Waals surface area contributed by atoms with Gasteiger partial charge in [-0.15, -0.1) is 0 Å². The van der Waals surface area contributed by atoms with Crippen molar-refractivity contribution in [2.24, 2.45) is 0 Å². The quantitative estimate of drug-likeness (QED) is 0.838. The van der Waals surface area contributed by atoms with E-state index in [0.29, 0.717) is 6.54 Å². The van der Waals surface area contributed by atoms with Gasteiger partial charge in [-0.2, -0.15) is 0 Å². The van der Waals surface area contributed by atoms with Crippen LogP contribution in [0.4, 0.5) is 0 Å². The molecule has 0 spiro atoms. The van der Waals surface area contributed by atoms with E-state index in [1.165, 1.54) is 0 Å². The second kappa shape index (κ2) is 5.27. The minimum absolute atomic E-state index is 0.144. The summed E-state index contributed by atoms with van der Waals surface area (Å²) < 4.78 is 0.953. The van der Waals surface area contributed by atoms with Crippen LogP contribution in [-0.4, -0.2) is 19.4 Å². The summed E-state index contributed by atoms with van der Waals surface area (Å²) in [6.07, 6.45) is 0.887. The molecule has 0 bridgehead atoms. The summed E-state index contributed by atoms with van der Waals surface area (Å²) in [6.45, 7) is 2.45. The van der Waals surface area contributed by atoms with Crippen LogP contribution >= 0.6 is 15.9 Å². The average molecular weight is 256 g/mol. The lowest BCUT2D eigenvalue weighted by Gasteiger charge is -2.06. The summed E-state index contributed by atoms with van der Waals surface area (Å²) in [6, 6.07) is 5.85. The van der Waals surface area contributed by atoms with Crippen molar-refractivity contribution < 1.29 is 4.79 Å². The molecule has 76 valence electrons. The van der Waals surface area contributed by atoms with Gasteiger partial charge in [0.25, 0.3) is 0 Å². The third-order valence-corrected chi connectivity index (χ3v) is 2.58. The fraction of sp³-hybridized carbons (Fsp3) is 0.364. The molecule has 0 aliphatic carbocycles. The average Bonchev–Trinajstić information content (AvgIpc) is 2.18. The molecule has 14 heavy (non-hydrogen) atoms. The van der Waals surface area contributed by atoms with Crippen LogP contribution in [-0.2, 0) is 6.42 Å². The molecule has 0 saturated heterocycles. The van der Waals surface area contributed by atoms with Crippen LogP contribution in [0.2, 0.25) is 0 Å². The van der Waals surface area contributed by atoms with E-state index in [-0.39, 0.29) is 5.78 Å². The maximum atomic E-state index is 11.7. The number of benzene rings is 1. The number of halogens is 1. The van der Waals surface area contributed by atoms with Crippen molar-refractivity contribution in [1.29, 1.82) is 0 Å². The molecule has 0 saturated carbocycles. The summed E-state index contributed by atoms with van der Waals surface area (Å²) >= 11 is 3.37. The van der Waals surface area contributed by atoms with E-state index < -0.39 is 0 Å². The van der Waals surface area contributed by atoms with E-state index in [1.54, 1.807) is 7.05 Å². The Labute approximate surface area is 92.8 Å². The predicted molar refractivity (Wildman–Crippen MR) is 61.8 cm³/mol. The van der Waals surface area contributed by atoms with Crippen molar-refractivity contribution in [2.75, 3.05) is 13.6 Å². The number of hydrogen-bond donors (Lipinski definition) is 1. The second-order valence-electron chi connectivity index (χ2n) is 3.11. The van der Waals surface area contributed by atoms with Gasteiger partial charge < -0.3 is 5.32 Å². The monoisotopic (exact) mass is 255 g/mol. The third kappa shape index (κ3) is 2.66. The van der Waals surface area contributed by atoms with E-state index >= 15 is 0 Å². The molecular formula is C11H14BrNO. The van der Waals surface area contributed by atoms with Crippen LogP contribution in [0, 0.1) is 0 Å². The van der Waals surface area contributed by atoms with Crippen LogP contribution in [0.5, 0.6) is 0 Å². The van der Waals surface area contributed by atoms with Gasteiger partial charge in [0.05, 0.1) is 6.54 Å². The fourth-order valence-electron chi connectivity index (χ4n) is 1.37. The number of aryl methyl sites for hydroxylation is 1. The first-order valence-electron chi connectivity index (χ1n) is 4.65. The van der Waals surface area contributed by atoms with Gasteiger partial charge in [-0.25, -0.2) is 0 Å². The zero-order valence-electron chi connectivity index (χ0n) is 8.43. The minimum Gasteiger partial charge on any atom is -0.313 e. The van der Waals surface area contributed by atoms with E-state index in [2.05, 4.69) is 28.2 Å². The van der Waals surface area contributed by atoms with Crippen LogP contribution in [0.1, 0.15) is 22.8 Å². The number of hydrogen-bond acceptors (Lipinski definition) is 2. The normalized spacial score (nSPS) is 10.2. The van der Waals surface area contributed by atoms with Gasteiger partial charge in [-0.3, -0.25) is 4.79 Å². The number of nitrogens with one attached hydrogen (secondary N) is 1. The molecular weight excluding hydrogens is 242 g/mol. The first-order valence-corrected chi connectivity index (χ1v) is 5.44. The minimum atomic E-state index is 0.144. The van der Waals surface area contributed by atoms with Gasteiger partial charge >= 0.3 is 0 Å². The first-order chi connectivity index (χ1) is 6.69. The summed E-state index contributed by atoms with van der Waals surface area (Å²) in [4.78, 5) is 11.7. The fourth-order valence-corrected chi connectivity index (χ4v) is 1.73. The Morgan fingerprint density at radius 1 is 1.50 bits per heavy atom. The third-order valence-electron chi connectivity index (χ3n) is 2.09. The van der Waals surface area contributed by atoms with E-state index in [4.69, 9.17) is 0 Å². The summed E-state index contributed by atoms with van der Waals surface area (Å²) in [7, 11) is 1.78. The topological polar surface area (TPSA) is 29.1 Å². The number of rotatable bonds is 4. The van der Waals surface area contributed by atoms with Crippen molar-refractivity contribution >= 4 is 21.7 Å². The molecule has 1 rings (SSSR count). The van der Waals surface area contributed by atoms with Crippen LogP contribution in [0.15, 0.2) is 22.7 Å².